The van der Waals surface area contributed by atoms with Crippen LogP contribution in [0.25, 0.3) is 10.9 Å². The third-order valence-corrected chi connectivity index (χ3v) is 5.46. The number of anilines is 1. The summed E-state index contributed by atoms with van der Waals surface area (Å²) in [6.45, 7) is 1.89. The highest BCUT2D eigenvalue weighted by molar-refractivity contribution is 5.84. The highest BCUT2D eigenvalue weighted by Gasteiger charge is 2.28. The molecular formula is C19H21N5O3. The molecule has 0 unspecified atom stereocenters. The van der Waals surface area contributed by atoms with Gasteiger partial charge < -0.3 is 19.3 Å². The van der Waals surface area contributed by atoms with E-state index in [4.69, 9.17) is 9.72 Å². The zero-order valence-corrected chi connectivity index (χ0v) is 15.1. The summed E-state index contributed by atoms with van der Waals surface area (Å²) in [6.07, 6.45) is 3.98. The first-order valence-electron chi connectivity index (χ1n) is 9.19. The largest absolute Gasteiger partial charge is 0.497 e. The lowest BCUT2D eigenvalue weighted by Gasteiger charge is -2.29. The standard InChI is InChI=1S/C19H21N5O3/c1-27-13-6-14(11-2-3-11)17-15(7-13)21-19(22-18(17)26)23-4-5-24-12(9-23)8-20-16(24)10-25/h6-8,11,25H,2-5,9-10H2,1H3,(H,21,22,26). The van der Waals surface area contributed by atoms with Gasteiger partial charge in [0, 0.05) is 19.2 Å². The van der Waals surface area contributed by atoms with E-state index in [1.54, 1.807) is 13.3 Å². The molecule has 3 aromatic rings. The Morgan fingerprint density at radius 1 is 1.33 bits per heavy atom. The zero-order valence-electron chi connectivity index (χ0n) is 15.1. The minimum atomic E-state index is -0.102. The number of aliphatic hydroxyl groups is 1. The number of hydrogen-bond donors (Lipinski definition) is 2. The first-order valence-corrected chi connectivity index (χ1v) is 9.19. The molecule has 1 aromatic carbocycles. The van der Waals surface area contributed by atoms with Crippen molar-refractivity contribution in [2.45, 2.75) is 38.5 Å². The van der Waals surface area contributed by atoms with Gasteiger partial charge in [-0.25, -0.2) is 9.97 Å². The topological polar surface area (TPSA) is 96.3 Å². The number of fused-ring (bicyclic) bond motifs is 2. The number of ether oxygens (including phenoxy) is 1. The van der Waals surface area contributed by atoms with Gasteiger partial charge in [-0.3, -0.25) is 9.78 Å². The fourth-order valence-corrected chi connectivity index (χ4v) is 3.90. The Morgan fingerprint density at radius 3 is 2.93 bits per heavy atom. The predicted octanol–water partition coefficient (Wildman–Crippen LogP) is 1.52. The zero-order chi connectivity index (χ0) is 18.5. The average Bonchev–Trinajstić information content (AvgIpc) is 3.46. The van der Waals surface area contributed by atoms with E-state index in [9.17, 15) is 9.90 Å². The van der Waals surface area contributed by atoms with Crippen molar-refractivity contribution >= 4 is 16.9 Å². The Morgan fingerprint density at radius 2 is 2.19 bits per heavy atom. The molecule has 1 aliphatic heterocycles. The molecule has 1 saturated carbocycles. The van der Waals surface area contributed by atoms with Crippen molar-refractivity contribution in [3.05, 3.63) is 45.8 Å². The van der Waals surface area contributed by atoms with Crippen molar-refractivity contribution in [3.63, 3.8) is 0 Å². The number of aromatic nitrogens is 4. The average molecular weight is 367 g/mol. The lowest BCUT2D eigenvalue weighted by molar-refractivity contribution is 0.263. The molecule has 2 aromatic heterocycles. The first kappa shape index (κ1) is 16.3. The molecule has 2 aliphatic rings. The predicted molar refractivity (Wildman–Crippen MR) is 100 cm³/mol. The number of aliphatic hydroxyl groups excluding tert-OH is 1. The van der Waals surface area contributed by atoms with E-state index in [-0.39, 0.29) is 12.2 Å². The molecule has 27 heavy (non-hydrogen) atoms. The smallest absolute Gasteiger partial charge is 0.260 e. The number of hydrogen-bond acceptors (Lipinski definition) is 6. The van der Waals surface area contributed by atoms with Crippen LogP contribution in [0.2, 0.25) is 0 Å². The molecule has 3 heterocycles. The van der Waals surface area contributed by atoms with Gasteiger partial charge in [0.2, 0.25) is 5.95 Å². The number of benzene rings is 1. The molecule has 0 radical (unpaired) electrons. The van der Waals surface area contributed by atoms with Gasteiger partial charge in [-0.2, -0.15) is 0 Å². The number of aromatic amines is 1. The Bertz CT molecular complexity index is 1080. The molecule has 5 rings (SSSR count). The number of nitrogens with zero attached hydrogens (tertiary/aromatic N) is 4. The second kappa shape index (κ2) is 6.09. The second-order valence-electron chi connectivity index (χ2n) is 7.17. The molecule has 8 heteroatoms. The summed E-state index contributed by atoms with van der Waals surface area (Å²) in [5.41, 5.74) is 2.60. The van der Waals surface area contributed by atoms with Crippen molar-refractivity contribution in [2.24, 2.45) is 0 Å². The van der Waals surface area contributed by atoms with Crippen molar-refractivity contribution < 1.29 is 9.84 Å². The summed E-state index contributed by atoms with van der Waals surface area (Å²) >= 11 is 0. The summed E-state index contributed by atoms with van der Waals surface area (Å²) in [7, 11) is 1.64. The first-order chi connectivity index (χ1) is 13.2. The maximum absolute atomic E-state index is 12.9. The fraction of sp³-hybridized carbons (Fsp3) is 0.421. The molecule has 2 N–H and O–H groups in total. The van der Waals surface area contributed by atoms with Crippen LogP contribution in [-0.4, -0.2) is 38.3 Å². The molecule has 0 bridgehead atoms. The molecule has 8 nitrogen and oxygen atoms in total. The van der Waals surface area contributed by atoms with E-state index in [0.717, 1.165) is 29.8 Å². The maximum Gasteiger partial charge on any atom is 0.260 e. The Labute approximate surface area is 155 Å². The number of imidazole rings is 1. The van der Waals surface area contributed by atoms with Crippen LogP contribution in [0.1, 0.15) is 35.8 Å². The van der Waals surface area contributed by atoms with Crippen LogP contribution >= 0.6 is 0 Å². The quantitative estimate of drug-likeness (QED) is 0.726. The summed E-state index contributed by atoms with van der Waals surface area (Å²) in [5, 5.41) is 10.0. The van der Waals surface area contributed by atoms with E-state index in [0.29, 0.717) is 48.2 Å². The van der Waals surface area contributed by atoms with E-state index in [1.165, 1.54) is 0 Å². The Kier molecular flexibility index (Phi) is 3.68. The maximum atomic E-state index is 12.9. The Hall–Kier alpha value is -2.87. The van der Waals surface area contributed by atoms with E-state index in [2.05, 4.69) is 9.97 Å². The SMILES string of the molecule is COc1cc(C2CC2)c2c(=O)[nH]c(N3CCn4c(cnc4CO)C3)nc2c1. The van der Waals surface area contributed by atoms with Crippen LogP contribution < -0.4 is 15.2 Å². The minimum absolute atomic E-state index is 0.0746. The summed E-state index contributed by atoms with van der Waals surface area (Å²) < 4.78 is 7.44. The lowest BCUT2D eigenvalue weighted by Crippen LogP contribution is -2.36. The number of methoxy groups -OCH3 is 1. The van der Waals surface area contributed by atoms with Gasteiger partial charge in [0.1, 0.15) is 18.2 Å². The van der Waals surface area contributed by atoms with Gasteiger partial charge in [-0.15, -0.1) is 0 Å². The third kappa shape index (κ3) is 2.68. The number of rotatable bonds is 4. The monoisotopic (exact) mass is 367 g/mol. The van der Waals surface area contributed by atoms with Crippen molar-refractivity contribution in [1.29, 1.82) is 0 Å². The van der Waals surface area contributed by atoms with E-state index in [1.807, 2.05) is 21.6 Å². The van der Waals surface area contributed by atoms with Gasteiger partial charge in [-0.05, 0) is 30.4 Å². The molecule has 0 spiro atoms. The van der Waals surface area contributed by atoms with Crippen molar-refractivity contribution in [2.75, 3.05) is 18.6 Å². The van der Waals surface area contributed by atoms with Crippen LogP contribution in [0, 0.1) is 0 Å². The molecular weight excluding hydrogens is 346 g/mol. The number of nitrogens with one attached hydrogen (secondary N) is 1. The second-order valence-corrected chi connectivity index (χ2v) is 7.17. The van der Waals surface area contributed by atoms with Crippen molar-refractivity contribution in [3.8, 4) is 5.75 Å². The highest BCUT2D eigenvalue weighted by atomic mass is 16.5. The van der Waals surface area contributed by atoms with Crippen LogP contribution in [-0.2, 0) is 19.7 Å². The lowest BCUT2D eigenvalue weighted by atomic mass is 10.0. The van der Waals surface area contributed by atoms with Crippen LogP contribution in [0.4, 0.5) is 5.95 Å². The van der Waals surface area contributed by atoms with E-state index >= 15 is 0 Å². The molecule has 1 fully saturated rings. The number of H-pyrrole nitrogens is 1. The Balaban J connectivity index is 1.57. The van der Waals surface area contributed by atoms with Crippen LogP contribution in [0.15, 0.2) is 23.1 Å². The minimum Gasteiger partial charge on any atom is -0.497 e. The van der Waals surface area contributed by atoms with E-state index < -0.39 is 0 Å². The fourth-order valence-electron chi connectivity index (χ4n) is 3.90. The third-order valence-electron chi connectivity index (χ3n) is 5.46. The molecule has 1 aliphatic carbocycles. The molecule has 0 saturated heterocycles. The molecule has 0 amide bonds. The molecule has 0 atom stereocenters. The van der Waals surface area contributed by atoms with Crippen LogP contribution in [0.5, 0.6) is 5.75 Å². The van der Waals surface area contributed by atoms with Gasteiger partial charge in [0.15, 0.2) is 0 Å². The highest BCUT2D eigenvalue weighted by Crippen LogP contribution is 2.43. The summed E-state index contributed by atoms with van der Waals surface area (Å²) in [5.74, 6) is 2.39. The van der Waals surface area contributed by atoms with Gasteiger partial charge in [0.25, 0.3) is 5.56 Å². The molecule has 140 valence electrons. The summed E-state index contributed by atoms with van der Waals surface area (Å²) in [4.78, 5) is 26.9. The van der Waals surface area contributed by atoms with Crippen molar-refractivity contribution in [1.82, 2.24) is 19.5 Å². The van der Waals surface area contributed by atoms with Gasteiger partial charge >= 0.3 is 0 Å². The van der Waals surface area contributed by atoms with Crippen LogP contribution in [0.3, 0.4) is 0 Å². The normalized spacial score (nSPS) is 16.6. The van der Waals surface area contributed by atoms with Gasteiger partial charge in [-0.1, -0.05) is 0 Å². The summed E-state index contributed by atoms with van der Waals surface area (Å²) in [6, 6.07) is 3.80. The van der Waals surface area contributed by atoms with Gasteiger partial charge in [0.05, 0.1) is 36.4 Å².